The lowest BCUT2D eigenvalue weighted by molar-refractivity contribution is 0.336. The van der Waals surface area contributed by atoms with Crippen LogP contribution in [0.3, 0.4) is 0 Å². The summed E-state index contributed by atoms with van der Waals surface area (Å²) in [5.41, 5.74) is 3.03. The topological polar surface area (TPSA) is 38.0 Å². The van der Waals surface area contributed by atoms with Gasteiger partial charge in [-0.15, -0.1) is 11.3 Å². The summed E-state index contributed by atoms with van der Waals surface area (Å²) in [5.74, 6) is 6.55. The fourth-order valence-corrected chi connectivity index (χ4v) is 3.38. The molecular weight excluding hydrogens is 252 g/mol. The van der Waals surface area contributed by atoms with Crippen molar-refractivity contribution in [3.05, 3.63) is 22.4 Å². The van der Waals surface area contributed by atoms with Crippen LogP contribution >= 0.6 is 11.3 Å². The van der Waals surface area contributed by atoms with Gasteiger partial charge in [-0.1, -0.05) is 45.6 Å². The van der Waals surface area contributed by atoms with Gasteiger partial charge in [0.2, 0.25) is 0 Å². The normalized spacial score (nSPS) is 14.5. The van der Waals surface area contributed by atoms with Crippen LogP contribution in [-0.4, -0.2) is 6.04 Å². The van der Waals surface area contributed by atoms with E-state index in [2.05, 4.69) is 36.8 Å². The second kappa shape index (κ2) is 10.4. The van der Waals surface area contributed by atoms with Crippen molar-refractivity contribution in [2.75, 3.05) is 0 Å². The van der Waals surface area contributed by atoms with Crippen molar-refractivity contribution in [1.82, 2.24) is 5.43 Å². The van der Waals surface area contributed by atoms with E-state index in [1.165, 1.54) is 56.2 Å². The van der Waals surface area contributed by atoms with E-state index in [-0.39, 0.29) is 0 Å². The molecule has 0 aliphatic carbocycles. The molecule has 0 bridgehead atoms. The minimum atomic E-state index is 0.488. The molecule has 3 N–H and O–H groups in total. The lowest BCUT2D eigenvalue weighted by Crippen LogP contribution is -2.36. The summed E-state index contributed by atoms with van der Waals surface area (Å²) >= 11 is 1.86. The Morgan fingerprint density at radius 2 is 2.11 bits per heavy atom. The molecule has 2 atom stereocenters. The number of unbranched alkanes of at least 4 members (excludes halogenated alkanes) is 1. The molecule has 19 heavy (non-hydrogen) atoms. The Labute approximate surface area is 122 Å². The smallest absolute Gasteiger partial charge is 0.0213 e. The minimum Gasteiger partial charge on any atom is -0.271 e. The second-order valence-electron chi connectivity index (χ2n) is 5.49. The third-order valence-electron chi connectivity index (χ3n) is 3.95. The number of thiophene rings is 1. The maximum absolute atomic E-state index is 5.72. The van der Waals surface area contributed by atoms with Crippen molar-refractivity contribution in [2.24, 2.45) is 11.8 Å². The summed E-state index contributed by atoms with van der Waals surface area (Å²) in [5, 5.41) is 2.16. The Hall–Kier alpha value is -0.380. The largest absolute Gasteiger partial charge is 0.271 e. The zero-order chi connectivity index (χ0) is 13.9. The minimum absolute atomic E-state index is 0.488. The summed E-state index contributed by atoms with van der Waals surface area (Å²) < 4.78 is 0. The predicted molar refractivity (Wildman–Crippen MR) is 86.3 cm³/mol. The third kappa shape index (κ3) is 7.09. The van der Waals surface area contributed by atoms with Crippen LogP contribution in [0.1, 0.15) is 63.7 Å². The van der Waals surface area contributed by atoms with E-state index in [0.717, 1.165) is 5.92 Å². The van der Waals surface area contributed by atoms with Gasteiger partial charge in [-0.25, -0.2) is 0 Å². The van der Waals surface area contributed by atoms with Crippen LogP contribution in [0.5, 0.6) is 0 Å². The molecular formula is C16H30N2S. The number of aryl methyl sites for hydroxylation is 1. The van der Waals surface area contributed by atoms with Gasteiger partial charge in [0.1, 0.15) is 0 Å². The van der Waals surface area contributed by atoms with Crippen LogP contribution in [0.4, 0.5) is 0 Å². The fourth-order valence-electron chi connectivity index (χ4n) is 2.63. The molecule has 0 saturated carbocycles. The van der Waals surface area contributed by atoms with Gasteiger partial charge in [0, 0.05) is 10.9 Å². The zero-order valence-electron chi connectivity index (χ0n) is 12.5. The SMILES string of the molecule is CCCCC(CC)CC(CCCc1cccs1)NN. The zero-order valence-corrected chi connectivity index (χ0v) is 13.3. The molecule has 1 aromatic rings. The first kappa shape index (κ1) is 16.7. The van der Waals surface area contributed by atoms with Crippen molar-refractivity contribution >= 4 is 11.3 Å². The molecule has 110 valence electrons. The molecule has 3 heteroatoms. The highest BCUT2D eigenvalue weighted by Gasteiger charge is 2.13. The molecule has 0 aliphatic heterocycles. The summed E-state index contributed by atoms with van der Waals surface area (Å²) in [4.78, 5) is 1.49. The predicted octanol–water partition coefficient (Wildman–Crippen LogP) is 4.51. The lowest BCUT2D eigenvalue weighted by Gasteiger charge is -2.22. The van der Waals surface area contributed by atoms with Crippen LogP contribution in [0.15, 0.2) is 17.5 Å². The van der Waals surface area contributed by atoms with Crippen LogP contribution in [0.25, 0.3) is 0 Å². The highest BCUT2D eigenvalue weighted by atomic mass is 32.1. The molecule has 1 aromatic heterocycles. The van der Waals surface area contributed by atoms with Crippen molar-refractivity contribution in [1.29, 1.82) is 0 Å². The van der Waals surface area contributed by atoms with Crippen LogP contribution in [0.2, 0.25) is 0 Å². The average Bonchev–Trinajstić information content (AvgIpc) is 2.94. The van der Waals surface area contributed by atoms with Crippen LogP contribution in [-0.2, 0) is 6.42 Å². The fraction of sp³-hybridized carbons (Fsp3) is 0.750. The van der Waals surface area contributed by atoms with E-state index in [9.17, 15) is 0 Å². The Balaban J connectivity index is 2.23. The summed E-state index contributed by atoms with van der Waals surface area (Å²) in [6.45, 7) is 4.58. The van der Waals surface area contributed by atoms with Crippen LogP contribution < -0.4 is 11.3 Å². The van der Waals surface area contributed by atoms with E-state index in [1.807, 2.05) is 11.3 Å². The first-order chi connectivity index (χ1) is 9.30. The Morgan fingerprint density at radius 3 is 2.68 bits per heavy atom. The summed E-state index contributed by atoms with van der Waals surface area (Å²) in [6, 6.07) is 4.85. The number of hydrogen-bond donors (Lipinski definition) is 2. The van der Waals surface area contributed by atoms with Gasteiger partial charge in [-0.3, -0.25) is 11.3 Å². The molecule has 0 fully saturated rings. The monoisotopic (exact) mass is 282 g/mol. The molecule has 1 heterocycles. The highest BCUT2D eigenvalue weighted by Crippen LogP contribution is 2.21. The Morgan fingerprint density at radius 1 is 1.26 bits per heavy atom. The molecule has 0 saturated heterocycles. The van der Waals surface area contributed by atoms with E-state index >= 15 is 0 Å². The van der Waals surface area contributed by atoms with E-state index in [1.54, 1.807) is 0 Å². The number of nitrogens with two attached hydrogens (primary N) is 1. The molecule has 0 aliphatic rings. The molecule has 2 unspecified atom stereocenters. The maximum Gasteiger partial charge on any atom is 0.0213 e. The second-order valence-corrected chi connectivity index (χ2v) is 6.52. The van der Waals surface area contributed by atoms with E-state index < -0.39 is 0 Å². The molecule has 0 radical (unpaired) electrons. The first-order valence-electron chi connectivity index (χ1n) is 7.78. The maximum atomic E-state index is 5.72. The van der Waals surface area contributed by atoms with Crippen molar-refractivity contribution < 1.29 is 0 Å². The van der Waals surface area contributed by atoms with Gasteiger partial charge < -0.3 is 0 Å². The van der Waals surface area contributed by atoms with Gasteiger partial charge in [-0.05, 0) is 43.0 Å². The number of hydrazine groups is 1. The van der Waals surface area contributed by atoms with Gasteiger partial charge in [0.25, 0.3) is 0 Å². The van der Waals surface area contributed by atoms with Crippen molar-refractivity contribution in [3.8, 4) is 0 Å². The lowest BCUT2D eigenvalue weighted by atomic mass is 9.90. The van der Waals surface area contributed by atoms with E-state index in [4.69, 9.17) is 5.84 Å². The van der Waals surface area contributed by atoms with Gasteiger partial charge in [-0.2, -0.15) is 0 Å². The quantitative estimate of drug-likeness (QED) is 0.463. The molecule has 1 rings (SSSR count). The number of rotatable bonds is 11. The van der Waals surface area contributed by atoms with Gasteiger partial charge >= 0.3 is 0 Å². The Kier molecular flexibility index (Phi) is 9.14. The number of nitrogens with one attached hydrogen (secondary N) is 1. The molecule has 0 aromatic carbocycles. The van der Waals surface area contributed by atoms with E-state index in [0.29, 0.717) is 6.04 Å². The number of hydrogen-bond acceptors (Lipinski definition) is 3. The highest BCUT2D eigenvalue weighted by molar-refractivity contribution is 7.09. The third-order valence-corrected chi connectivity index (χ3v) is 4.89. The van der Waals surface area contributed by atoms with Crippen molar-refractivity contribution in [3.63, 3.8) is 0 Å². The van der Waals surface area contributed by atoms with Crippen LogP contribution in [0, 0.1) is 5.92 Å². The average molecular weight is 282 g/mol. The summed E-state index contributed by atoms with van der Waals surface area (Å²) in [6.07, 6.45) is 10.1. The molecule has 0 amide bonds. The van der Waals surface area contributed by atoms with Crippen molar-refractivity contribution in [2.45, 2.75) is 71.3 Å². The molecule has 2 nitrogen and oxygen atoms in total. The van der Waals surface area contributed by atoms with Gasteiger partial charge in [0.05, 0.1) is 0 Å². The molecule has 0 spiro atoms. The Bertz CT molecular complexity index is 298. The standard InChI is InChI=1S/C16H30N2S/c1-3-5-8-14(4-2)13-15(18-17)9-6-10-16-11-7-12-19-16/h7,11-12,14-15,18H,3-6,8-10,13,17H2,1-2H3. The van der Waals surface area contributed by atoms with Gasteiger partial charge in [0.15, 0.2) is 0 Å². The summed E-state index contributed by atoms with van der Waals surface area (Å²) in [7, 11) is 0. The first-order valence-corrected chi connectivity index (χ1v) is 8.66.